The summed E-state index contributed by atoms with van der Waals surface area (Å²) in [6.45, 7) is 2.64. The van der Waals surface area contributed by atoms with Gasteiger partial charge in [0, 0.05) is 48.2 Å². The van der Waals surface area contributed by atoms with Crippen molar-refractivity contribution < 1.29 is 18.7 Å². The summed E-state index contributed by atoms with van der Waals surface area (Å²) in [7, 11) is 0.317. The normalized spacial score (nSPS) is 13.8. The molecule has 2 aromatic carbocycles. The Morgan fingerprint density at radius 3 is 2.65 bits per heavy atom. The Morgan fingerprint density at radius 1 is 1.10 bits per heavy atom. The van der Waals surface area contributed by atoms with Crippen molar-refractivity contribution in [2.24, 2.45) is 0 Å². The number of nitrogens with zero attached hydrogens (tertiary/aromatic N) is 5. The number of aromatic nitrogens is 4. The molecule has 1 aliphatic rings. The number of carbonyl (C=O) groups is 2. The predicted octanol–water partition coefficient (Wildman–Crippen LogP) is 5.69. The van der Waals surface area contributed by atoms with Crippen molar-refractivity contribution >= 4 is 30.9 Å². The van der Waals surface area contributed by atoms with Gasteiger partial charge in [-0.1, -0.05) is 43.9 Å². The second-order valence-corrected chi connectivity index (χ2v) is 11.7. The van der Waals surface area contributed by atoms with Gasteiger partial charge in [0.2, 0.25) is 0 Å². The van der Waals surface area contributed by atoms with Crippen LogP contribution < -0.4 is 5.32 Å². The van der Waals surface area contributed by atoms with Crippen molar-refractivity contribution in [2.45, 2.75) is 19.0 Å². The van der Waals surface area contributed by atoms with Crippen LogP contribution in [0.2, 0.25) is 0 Å². The summed E-state index contributed by atoms with van der Waals surface area (Å²) >= 11 is 0. The molecule has 11 heteroatoms. The summed E-state index contributed by atoms with van der Waals surface area (Å²) in [5.41, 5.74) is 4.97. The zero-order valence-electron chi connectivity index (χ0n) is 21.9. The number of imidazole rings is 1. The van der Waals surface area contributed by atoms with E-state index >= 15 is 4.39 Å². The molecule has 1 unspecified atom stereocenters. The number of likely N-dealkylation sites (tertiary alicyclic amines) is 1. The first-order chi connectivity index (χ1) is 19.4. The van der Waals surface area contributed by atoms with Crippen LogP contribution in [-0.4, -0.2) is 56.7 Å². The zero-order valence-corrected chi connectivity index (χ0v) is 22.8. The summed E-state index contributed by atoms with van der Waals surface area (Å²) in [5, 5.41) is 12.0. The number of fused-ring (bicyclic) bond motifs is 1. The molecule has 1 saturated heterocycles. The van der Waals surface area contributed by atoms with Gasteiger partial charge in [-0.3, -0.25) is 9.20 Å². The van der Waals surface area contributed by atoms with Crippen LogP contribution in [-0.2, 0) is 10.9 Å². The minimum atomic E-state index is -1.05. The van der Waals surface area contributed by atoms with Gasteiger partial charge in [0.05, 0.1) is 18.7 Å². The largest absolute Gasteiger partial charge is 0.453 e. The summed E-state index contributed by atoms with van der Waals surface area (Å²) in [6, 6.07) is 18.7. The molecule has 2 amide bonds. The fourth-order valence-electron chi connectivity index (χ4n) is 4.90. The van der Waals surface area contributed by atoms with Crippen LogP contribution in [0.5, 0.6) is 0 Å². The topological polar surface area (TPSA) is 102 Å². The van der Waals surface area contributed by atoms with Crippen molar-refractivity contribution in [3.05, 3.63) is 101 Å². The second-order valence-electron chi connectivity index (χ2n) is 9.68. The summed E-state index contributed by atoms with van der Waals surface area (Å²) < 4.78 is 21.8. The third kappa shape index (κ3) is 4.71. The molecular weight excluding hydrogens is 530 g/mol. The molecule has 9 nitrogen and oxygen atoms in total. The number of amides is 2. The van der Waals surface area contributed by atoms with Crippen LogP contribution in [0, 0.1) is 12.7 Å². The van der Waals surface area contributed by atoms with Crippen LogP contribution >= 0.6 is 7.53 Å². The predicted molar refractivity (Wildman–Crippen MR) is 150 cm³/mol. The maximum atomic E-state index is 15.3. The van der Waals surface area contributed by atoms with E-state index in [1.54, 1.807) is 34.6 Å². The molecule has 6 rings (SSSR count). The second kappa shape index (κ2) is 10.5. The van der Waals surface area contributed by atoms with Crippen LogP contribution in [0.25, 0.3) is 16.6 Å². The van der Waals surface area contributed by atoms with Gasteiger partial charge in [-0.15, -0.1) is 10.2 Å². The average molecular weight is 557 g/mol. The maximum absolute atomic E-state index is 15.3. The quantitative estimate of drug-likeness (QED) is 0.288. The molecule has 0 saturated carbocycles. The Labute approximate surface area is 230 Å². The lowest BCUT2D eigenvalue weighted by atomic mass is 10.0. The van der Waals surface area contributed by atoms with Crippen LogP contribution in [0.15, 0.2) is 73.1 Å². The molecule has 0 radical (unpaired) electrons. The third-order valence-electron chi connectivity index (χ3n) is 7.14. The fraction of sp³-hybridized carbons (Fsp3) is 0.207. The van der Waals surface area contributed by atoms with Gasteiger partial charge in [-0.25, -0.2) is 14.2 Å². The lowest BCUT2D eigenvalue weighted by molar-refractivity contribution is 0.0878. The summed E-state index contributed by atoms with van der Waals surface area (Å²) in [4.78, 5) is 31.0. The molecule has 40 heavy (non-hydrogen) atoms. The maximum Gasteiger partial charge on any atom is 0.409 e. The fourth-order valence-corrected chi connectivity index (χ4v) is 7.35. The molecule has 1 fully saturated rings. The summed E-state index contributed by atoms with van der Waals surface area (Å²) in [5.74, 6) is -0.787. The van der Waals surface area contributed by atoms with Gasteiger partial charge in [0.15, 0.2) is 0 Å². The molecule has 5 aromatic rings. The highest BCUT2D eigenvalue weighted by Crippen LogP contribution is 2.50. The number of rotatable bonds is 6. The number of anilines is 1. The molecule has 4 heterocycles. The molecule has 1 atom stereocenters. The van der Waals surface area contributed by atoms with Crippen molar-refractivity contribution in [3.63, 3.8) is 0 Å². The van der Waals surface area contributed by atoms with Crippen molar-refractivity contribution in [1.29, 1.82) is 0 Å². The number of hydrogen-bond donors (Lipinski definition) is 1. The molecule has 202 valence electrons. The van der Waals surface area contributed by atoms with Crippen molar-refractivity contribution in [2.75, 3.05) is 25.5 Å². The Hall–Kier alpha value is -4.56. The van der Waals surface area contributed by atoms with Gasteiger partial charge >= 0.3 is 6.09 Å². The van der Waals surface area contributed by atoms with Gasteiger partial charge in [0.25, 0.3) is 5.91 Å². The van der Waals surface area contributed by atoms with E-state index < -0.39 is 19.3 Å². The number of benzene rings is 2. The Morgan fingerprint density at radius 2 is 1.88 bits per heavy atom. The third-order valence-corrected chi connectivity index (χ3v) is 9.69. The van der Waals surface area contributed by atoms with E-state index in [1.165, 1.54) is 19.4 Å². The van der Waals surface area contributed by atoms with E-state index in [1.807, 2.05) is 30.3 Å². The highest BCUT2D eigenvalue weighted by atomic mass is 31.1. The number of carbonyl (C=O) groups excluding carboxylic acids is 2. The molecule has 0 aliphatic carbocycles. The first-order valence-corrected chi connectivity index (χ1v) is 14.3. The van der Waals surface area contributed by atoms with E-state index in [0.717, 1.165) is 11.0 Å². The van der Waals surface area contributed by atoms with E-state index in [9.17, 15) is 9.59 Å². The Balaban J connectivity index is 1.36. The minimum absolute atomic E-state index is 0.0554. The van der Waals surface area contributed by atoms with Gasteiger partial charge < -0.3 is 15.0 Å². The Bertz CT molecular complexity index is 1730. The van der Waals surface area contributed by atoms with E-state index in [-0.39, 0.29) is 12.0 Å². The Kier molecular flexibility index (Phi) is 6.77. The molecule has 0 spiro atoms. The highest BCUT2D eigenvalue weighted by molar-refractivity contribution is 7.52. The molecule has 1 aliphatic heterocycles. The van der Waals surface area contributed by atoms with Crippen molar-refractivity contribution in [3.8, 4) is 11.0 Å². The first-order valence-electron chi connectivity index (χ1n) is 12.8. The number of ether oxygens (including phenoxy) is 1. The number of hydrogen-bond acceptors (Lipinski definition) is 6. The zero-order chi connectivity index (χ0) is 27.8. The lowest BCUT2D eigenvalue weighted by Crippen LogP contribution is -2.48. The van der Waals surface area contributed by atoms with E-state index in [0.29, 0.717) is 52.8 Å². The molecule has 3 aromatic heterocycles. The van der Waals surface area contributed by atoms with E-state index in [2.05, 4.69) is 32.6 Å². The number of methoxy groups -OCH3 is 1. The van der Waals surface area contributed by atoms with Crippen LogP contribution in [0.4, 0.5) is 14.9 Å². The highest BCUT2D eigenvalue weighted by Gasteiger charge is 2.36. The van der Waals surface area contributed by atoms with Crippen molar-refractivity contribution in [1.82, 2.24) is 24.5 Å². The molecule has 0 bridgehead atoms. The number of pyridine rings is 1. The van der Waals surface area contributed by atoms with E-state index in [4.69, 9.17) is 4.74 Å². The van der Waals surface area contributed by atoms with Gasteiger partial charge in [-0.05, 0) is 36.8 Å². The number of halogens is 1. The van der Waals surface area contributed by atoms with Crippen LogP contribution in [0.1, 0.15) is 33.0 Å². The standard InChI is InChI=1S/C29H26FN6O3P/c1-18-22(30)12-20(13-23(18)32-26(37)24-14-31-25-10-6-7-11-36(24)25)27-33-34-28(21-15-35(16-21)29(38)39-2)40(27)17-19-8-4-3-5-9-19/h3-14,21H,15-17H2,1-2H3,(H,32,37). The smallest absolute Gasteiger partial charge is 0.409 e. The monoisotopic (exact) mass is 556 g/mol. The first kappa shape index (κ1) is 25.7. The number of nitrogens with one attached hydrogen (secondary N) is 1. The van der Waals surface area contributed by atoms with Gasteiger partial charge in [-0.2, -0.15) is 0 Å². The van der Waals surface area contributed by atoms with Gasteiger partial charge in [0.1, 0.15) is 22.6 Å². The van der Waals surface area contributed by atoms with Crippen LogP contribution in [0.3, 0.4) is 0 Å². The SMILES string of the molecule is COC(=O)N1CC(c2nnc(-c3cc(F)c(C)c(NC(=O)c4cnc5ccccn45)c3)p2Cc2ccccc2)C1. The minimum Gasteiger partial charge on any atom is -0.453 e. The lowest BCUT2D eigenvalue weighted by Gasteiger charge is -2.37. The molecule has 1 N–H and O–H groups in total. The molecular formula is C29H26FN6O3P. The average Bonchev–Trinajstić information content (AvgIpc) is 3.55. The summed E-state index contributed by atoms with van der Waals surface area (Å²) in [6.07, 6.45) is 3.57.